The molecule has 0 radical (unpaired) electrons. The van der Waals surface area contributed by atoms with Gasteiger partial charge in [-0.2, -0.15) is 5.06 Å². The molecule has 0 aromatic rings. The van der Waals surface area contributed by atoms with E-state index in [9.17, 15) is 0 Å². The molecule has 0 saturated carbocycles. The first kappa shape index (κ1) is 15.8. The van der Waals surface area contributed by atoms with Crippen LogP contribution in [0.25, 0.3) is 0 Å². The van der Waals surface area contributed by atoms with Crippen LogP contribution in [0.1, 0.15) is 0 Å². The highest BCUT2D eigenvalue weighted by molar-refractivity contribution is 4.61. The maximum absolute atomic E-state index is 5.78. The predicted octanol–water partition coefficient (Wildman–Crippen LogP) is -0.284. The van der Waals surface area contributed by atoms with Crippen molar-refractivity contribution in [3.63, 3.8) is 0 Å². The minimum atomic E-state index is -0.0825. The molecular weight excluding hydrogens is 234 g/mol. The number of hydroxylamine groups is 2. The number of nitrogens with zero attached hydrogens (tertiary/aromatic N) is 3. The SMILES string of the molecule is CN(C)CCOC1COCCN1OCCN(C)C. The van der Waals surface area contributed by atoms with Crippen LogP contribution in [-0.2, 0) is 14.3 Å². The molecule has 6 heteroatoms. The van der Waals surface area contributed by atoms with E-state index in [1.807, 2.05) is 33.3 Å². The van der Waals surface area contributed by atoms with Crippen molar-refractivity contribution in [2.75, 3.05) is 74.3 Å². The maximum atomic E-state index is 5.78. The van der Waals surface area contributed by atoms with Crippen molar-refractivity contribution in [1.29, 1.82) is 0 Å². The number of ether oxygens (including phenoxy) is 2. The Balaban J connectivity index is 2.23. The molecule has 1 atom stereocenters. The summed E-state index contributed by atoms with van der Waals surface area (Å²) in [6.45, 7) is 5.23. The quantitative estimate of drug-likeness (QED) is 0.598. The summed E-state index contributed by atoms with van der Waals surface area (Å²) in [4.78, 5) is 9.93. The third-order valence-electron chi connectivity index (χ3n) is 2.68. The molecule has 1 fully saturated rings. The molecule has 0 aliphatic carbocycles. The van der Waals surface area contributed by atoms with Crippen LogP contribution >= 0.6 is 0 Å². The molecule has 6 nitrogen and oxygen atoms in total. The highest BCUT2D eigenvalue weighted by atomic mass is 16.7. The van der Waals surface area contributed by atoms with Gasteiger partial charge in [-0.25, -0.2) is 0 Å². The van der Waals surface area contributed by atoms with Crippen LogP contribution in [0, 0.1) is 0 Å². The van der Waals surface area contributed by atoms with Gasteiger partial charge in [-0.1, -0.05) is 0 Å². The Morgan fingerprint density at radius 2 is 1.78 bits per heavy atom. The van der Waals surface area contributed by atoms with E-state index < -0.39 is 0 Å². The number of likely N-dealkylation sites (N-methyl/N-ethyl adjacent to an activating group) is 2. The second-order valence-electron chi connectivity index (χ2n) is 4.98. The van der Waals surface area contributed by atoms with Crippen molar-refractivity contribution in [3.05, 3.63) is 0 Å². The van der Waals surface area contributed by atoms with Crippen LogP contribution in [0.2, 0.25) is 0 Å². The average Bonchev–Trinajstić information content (AvgIpc) is 2.30. The summed E-state index contributed by atoms with van der Waals surface area (Å²) < 4.78 is 11.2. The van der Waals surface area contributed by atoms with Gasteiger partial charge in [0.05, 0.1) is 33.0 Å². The molecule has 1 unspecified atom stereocenters. The second-order valence-corrected chi connectivity index (χ2v) is 4.98. The monoisotopic (exact) mass is 261 g/mol. The molecule has 0 amide bonds. The van der Waals surface area contributed by atoms with Gasteiger partial charge < -0.3 is 19.3 Å². The Kier molecular flexibility index (Phi) is 7.73. The molecule has 18 heavy (non-hydrogen) atoms. The number of rotatable bonds is 8. The second kappa shape index (κ2) is 8.79. The van der Waals surface area contributed by atoms with Crippen LogP contribution in [0.15, 0.2) is 0 Å². The molecule has 0 aromatic heterocycles. The lowest BCUT2D eigenvalue weighted by molar-refractivity contribution is -0.289. The van der Waals surface area contributed by atoms with E-state index in [0.29, 0.717) is 26.4 Å². The summed E-state index contributed by atoms with van der Waals surface area (Å²) in [7, 11) is 8.14. The molecular formula is C12H27N3O3. The topological polar surface area (TPSA) is 37.4 Å². The van der Waals surface area contributed by atoms with E-state index in [0.717, 1.165) is 19.6 Å². The van der Waals surface area contributed by atoms with Gasteiger partial charge in [0.25, 0.3) is 0 Å². The summed E-state index contributed by atoms with van der Waals surface area (Å²) in [5, 5.41) is 1.91. The van der Waals surface area contributed by atoms with Gasteiger partial charge in [0.2, 0.25) is 0 Å². The van der Waals surface area contributed by atoms with Crippen molar-refractivity contribution in [2.24, 2.45) is 0 Å². The molecule has 108 valence electrons. The van der Waals surface area contributed by atoms with E-state index >= 15 is 0 Å². The van der Waals surface area contributed by atoms with Gasteiger partial charge in [0.15, 0.2) is 6.23 Å². The largest absolute Gasteiger partial charge is 0.376 e. The predicted molar refractivity (Wildman–Crippen MR) is 70.3 cm³/mol. The average molecular weight is 261 g/mol. The molecule has 1 saturated heterocycles. The van der Waals surface area contributed by atoms with E-state index in [4.69, 9.17) is 14.3 Å². The fraction of sp³-hybridized carbons (Fsp3) is 1.00. The van der Waals surface area contributed by atoms with Crippen LogP contribution in [0.3, 0.4) is 0 Å². The standard InChI is InChI=1S/C12H27N3O3/c1-13(2)5-9-17-12-11-16-8-7-15(12)18-10-6-14(3)4/h12H,5-11H2,1-4H3. The summed E-state index contributed by atoms with van der Waals surface area (Å²) in [5.74, 6) is 0. The van der Waals surface area contributed by atoms with E-state index in [1.54, 1.807) is 0 Å². The molecule has 0 bridgehead atoms. The van der Waals surface area contributed by atoms with Gasteiger partial charge in [-0.15, -0.1) is 0 Å². The zero-order chi connectivity index (χ0) is 13.4. The van der Waals surface area contributed by atoms with Crippen molar-refractivity contribution < 1.29 is 14.3 Å². The molecule has 0 N–H and O–H groups in total. The van der Waals surface area contributed by atoms with Crippen LogP contribution < -0.4 is 0 Å². The molecule has 1 aliphatic heterocycles. The first-order chi connectivity index (χ1) is 8.59. The Morgan fingerprint density at radius 1 is 1.11 bits per heavy atom. The third kappa shape index (κ3) is 6.63. The Morgan fingerprint density at radius 3 is 2.44 bits per heavy atom. The van der Waals surface area contributed by atoms with Gasteiger partial charge >= 0.3 is 0 Å². The first-order valence-corrected chi connectivity index (χ1v) is 6.48. The van der Waals surface area contributed by atoms with Gasteiger partial charge in [0, 0.05) is 13.1 Å². The minimum absolute atomic E-state index is 0.0825. The van der Waals surface area contributed by atoms with E-state index in [1.165, 1.54) is 0 Å². The fourth-order valence-electron chi connectivity index (χ4n) is 1.56. The lowest BCUT2D eigenvalue weighted by atomic mass is 10.4. The van der Waals surface area contributed by atoms with Crippen molar-refractivity contribution in [2.45, 2.75) is 6.23 Å². The summed E-state index contributed by atoms with van der Waals surface area (Å²) in [6, 6.07) is 0. The van der Waals surface area contributed by atoms with Gasteiger partial charge in [-0.3, -0.25) is 4.84 Å². The number of hydrogen-bond donors (Lipinski definition) is 0. The van der Waals surface area contributed by atoms with Gasteiger partial charge in [0.1, 0.15) is 0 Å². The Hall–Kier alpha value is -0.240. The highest BCUT2D eigenvalue weighted by Gasteiger charge is 2.24. The lowest BCUT2D eigenvalue weighted by Crippen LogP contribution is -2.48. The zero-order valence-corrected chi connectivity index (χ0v) is 12.1. The first-order valence-electron chi connectivity index (χ1n) is 6.48. The zero-order valence-electron chi connectivity index (χ0n) is 12.1. The summed E-state index contributed by atoms with van der Waals surface area (Å²) >= 11 is 0. The molecule has 1 heterocycles. The smallest absolute Gasteiger partial charge is 0.156 e. The highest BCUT2D eigenvalue weighted by Crippen LogP contribution is 2.08. The summed E-state index contributed by atoms with van der Waals surface area (Å²) in [6.07, 6.45) is -0.0825. The normalized spacial score (nSPS) is 22.0. The maximum Gasteiger partial charge on any atom is 0.156 e. The summed E-state index contributed by atoms with van der Waals surface area (Å²) in [5.41, 5.74) is 0. The van der Waals surface area contributed by atoms with Gasteiger partial charge in [-0.05, 0) is 28.2 Å². The van der Waals surface area contributed by atoms with Crippen molar-refractivity contribution in [1.82, 2.24) is 14.9 Å². The fourth-order valence-corrected chi connectivity index (χ4v) is 1.56. The number of morpholine rings is 1. The minimum Gasteiger partial charge on any atom is -0.376 e. The molecule has 1 aliphatic rings. The van der Waals surface area contributed by atoms with Crippen LogP contribution in [-0.4, -0.2) is 95.3 Å². The Labute approximate surface area is 110 Å². The van der Waals surface area contributed by atoms with Crippen molar-refractivity contribution in [3.8, 4) is 0 Å². The van der Waals surface area contributed by atoms with Crippen molar-refractivity contribution >= 4 is 0 Å². The van der Waals surface area contributed by atoms with E-state index in [2.05, 4.69) is 9.80 Å². The molecule has 0 aromatic carbocycles. The molecule has 0 spiro atoms. The van der Waals surface area contributed by atoms with Crippen LogP contribution in [0.5, 0.6) is 0 Å². The number of hydrogen-bond acceptors (Lipinski definition) is 6. The Bertz CT molecular complexity index is 193. The lowest BCUT2D eigenvalue weighted by Gasteiger charge is -2.34. The third-order valence-corrected chi connectivity index (χ3v) is 2.68. The van der Waals surface area contributed by atoms with Crippen LogP contribution in [0.4, 0.5) is 0 Å². The van der Waals surface area contributed by atoms with E-state index in [-0.39, 0.29) is 6.23 Å². The molecule has 1 rings (SSSR count).